The van der Waals surface area contributed by atoms with Gasteiger partial charge in [0, 0.05) is 11.6 Å². The predicted octanol–water partition coefficient (Wildman–Crippen LogP) is 1.51. The summed E-state index contributed by atoms with van der Waals surface area (Å²) in [6, 6.07) is 6.06. The summed E-state index contributed by atoms with van der Waals surface area (Å²) in [5, 5.41) is 2.84. The molecule has 1 aromatic carbocycles. The third-order valence-electron chi connectivity index (χ3n) is 2.77. The van der Waals surface area contributed by atoms with Gasteiger partial charge in [-0.05, 0) is 38.6 Å². The standard InChI is InChI=1S/C13H20N2O3S/c1-4-6-10(2)15-13(16)11-7-5-8-12(9-11)19(17,18)14-3/h5,7-10,14H,4,6H2,1-3H3,(H,15,16)/t10-/m0/s1. The fourth-order valence-corrected chi connectivity index (χ4v) is 2.51. The van der Waals surface area contributed by atoms with Gasteiger partial charge in [-0.2, -0.15) is 0 Å². The van der Waals surface area contributed by atoms with Crippen LogP contribution in [-0.4, -0.2) is 27.4 Å². The van der Waals surface area contributed by atoms with E-state index in [9.17, 15) is 13.2 Å². The average Bonchev–Trinajstić information content (AvgIpc) is 2.39. The second kappa shape index (κ2) is 6.68. The van der Waals surface area contributed by atoms with Crippen molar-refractivity contribution in [3.8, 4) is 0 Å². The molecule has 0 saturated heterocycles. The zero-order valence-corrected chi connectivity index (χ0v) is 12.3. The molecule has 0 aliphatic rings. The zero-order valence-electron chi connectivity index (χ0n) is 11.4. The molecule has 5 nitrogen and oxygen atoms in total. The summed E-state index contributed by atoms with van der Waals surface area (Å²) in [5.41, 5.74) is 0.347. The van der Waals surface area contributed by atoms with Gasteiger partial charge in [-0.3, -0.25) is 4.79 Å². The van der Waals surface area contributed by atoms with Gasteiger partial charge in [0.25, 0.3) is 5.91 Å². The van der Waals surface area contributed by atoms with Crippen molar-refractivity contribution >= 4 is 15.9 Å². The van der Waals surface area contributed by atoms with Gasteiger partial charge in [0.2, 0.25) is 10.0 Å². The summed E-state index contributed by atoms with van der Waals surface area (Å²) in [7, 11) is -2.18. The minimum Gasteiger partial charge on any atom is -0.350 e. The SMILES string of the molecule is CCC[C@H](C)NC(=O)c1cccc(S(=O)(=O)NC)c1. The monoisotopic (exact) mass is 284 g/mol. The second-order valence-corrected chi connectivity index (χ2v) is 6.29. The van der Waals surface area contributed by atoms with Crippen LogP contribution in [-0.2, 0) is 10.0 Å². The number of carbonyl (C=O) groups excluding carboxylic acids is 1. The molecule has 0 aliphatic carbocycles. The highest BCUT2D eigenvalue weighted by Gasteiger charge is 2.15. The maximum Gasteiger partial charge on any atom is 0.251 e. The van der Waals surface area contributed by atoms with E-state index in [1.54, 1.807) is 12.1 Å². The fourth-order valence-electron chi connectivity index (χ4n) is 1.73. The van der Waals surface area contributed by atoms with Crippen molar-refractivity contribution in [3.63, 3.8) is 0 Å². The van der Waals surface area contributed by atoms with Crippen LogP contribution in [0.15, 0.2) is 29.2 Å². The molecule has 0 unspecified atom stereocenters. The number of benzene rings is 1. The Hall–Kier alpha value is -1.40. The summed E-state index contributed by atoms with van der Waals surface area (Å²) < 4.78 is 25.5. The molecular formula is C13H20N2O3S. The Morgan fingerprint density at radius 2 is 2.05 bits per heavy atom. The van der Waals surface area contributed by atoms with Crippen LogP contribution in [0.1, 0.15) is 37.0 Å². The van der Waals surface area contributed by atoms with Gasteiger partial charge >= 0.3 is 0 Å². The van der Waals surface area contributed by atoms with Crippen molar-refractivity contribution in [2.75, 3.05) is 7.05 Å². The van der Waals surface area contributed by atoms with Gasteiger partial charge in [0.1, 0.15) is 0 Å². The van der Waals surface area contributed by atoms with Gasteiger partial charge in [0.05, 0.1) is 4.90 Å². The Morgan fingerprint density at radius 3 is 2.63 bits per heavy atom. The van der Waals surface area contributed by atoms with Crippen LogP contribution in [0.25, 0.3) is 0 Å². The van der Waals surface area contributed by atoms with E-state index in [1.807, 2.05) is 13.8 Å². The van der Waals surface area contributed by atoms with E-state index in [2.05, 4.69) is 10.0 Å². The Balaban J connectivity index is 2.91. The molecule has 1 aromatic rings. The first-order chi connectivity index (χ1) is 8.90. The molecule has 106 valence electrons. The third kappa shape index (κ3) is 4.33. The predicted molar refractivity (Wildman–Crippen MR) is 74.5 cm³/mol. The number of sulfonamides is 1. The molecule has 2 N–H and O–H groups in total. The molecule has 0 fully saturated rings. The smallest absolute Gasteiger partial charge is 0.251 e. The van der Waals surface area contributed by atoms with Crippen molar-refractivity contribution in [1.29, 1.82) is 0 Å². The van der Waals surface area contributed by atoms with Crippen LogP contribution in [0.2, 0.25) is 0 Å². The Kier molecular flexibility index (Phi) is 5.50. The Morgan fingerprint density at radius 1 is 1.37 bits per heavy atom. The maximum absolute atomic E-state index is 12.0. The van der Waals surface area contributed by atoms with E-state index in [4.69, 9.17) is 0 Å². The molecule has 0 saturated carbocycles. The highest BCUT2D eigenvalue weighted by Crippen LogP contribution is 2.11. The molecule has 0 aromatic heterocycles. The normalized spacial score (nSPS) is 13.0. The van der Waals surface area contributed by atoms with Crippen molar-refractivity contribution in [2.24, 2.45) is 0 Å². The van der Waals surface area contributed by atoms with E-state index in [0.717, 1.165) is 12.8 Å². The lowest BCUT2D eigenvalue weighted by Gasteiger charge is -2.13. The average molecular weight is 284 g/mol. The quantitative estimate of drug-likeness (QED) is 0.831. The zero-order chi connectivity index (χ0) is 14.5. The van der Waals surface area contributed by atoms with Crippen molar-refractivity contribution < 1.29 is 13.2 Å². The van der Waals surface area contributed by atoms with Crippen LogP contribution < -0.4 is 10.0 Å². The van der Waals surface area contributed by atoms with E-state index in [1.165, 1.54) is 19.2 Å². The first-order valence-electron chi connectivity index (χ1n) is 6.25. The van der Waals surface area contributed by atoms with E-state index in [0.29, 0.717) is 5.56 Å². The number of nitrogens with one attached hydrogen (secondary N) is 2. The molecule has 0 radical (unpaired) electrons. The van der Waals surface area contributed by atoms with Crippen LogP contribution in [0.4, 0.5) is 0 Å². The first-order valence-corrected chi connectivity index (χ1v) is 7.73. The number of hydrogen-bond acceptors (Lipinski definition) is 3. The molecule has 6 heteroatoms. The minimum atomic E-state index is -3.52. The second-order valence-electron chi connectivity index (χ2n) is 4.40. The topological polar surface area (TPSA) is 75.3 Å². The van der Waals surface area contributed by atoms with Crippen molar-refractivity contribution in [1.82, 2.24) is 10.0 Å². The van der Waals surface area contributed by atoms with Gasteiger partial charge < -0.3 is 5.32 Å². The summed E-state index contributed by atoms with van der Waals surface area (Å²) in [4.78, 5) is 12.1. The molecule has 0 aliphatic heterocycles. The Bertz CT molecular complexity index is 541. The molecule has 19 heavy (non-hydrogen) atoms. The highest BCUT2D eigenvalue weighted by molar-refractivity contribution is 7.89. The molecule has 0 heterocycles. The van der Waals surface area contributed by atoms with Crippen LogP contribution in [0.3, 0.4) is 0 Å². The number of amides is 1. The summed E-state index contributed by atoms with van der Waals surface area (Å²) in [6.07, 6.45) is 1.87. The van der Waals surface area contributed by atoms with E-state index < -0.39 is 10.0 Å². The summed E-state index contributed by atoms with van der Waals surface area (Å²) in [5.74, 6) is -0.255. The van der Waals surface area contributed by atoms with E-state index >= 15 is 0 Å². The molecule has 0 spiro atoms. The Labute approximate surface area is 114 Å². The van der Waals surface area contributed by atoms with E-state index in [-0.39, 0.29) is 16.8 Å². The fraction of sp³-hybridized carbons (Fsp3) is 0.462. The summed E-state index contributed by atoms with van der Waals surface area (Å²) in [6.45, 7) is 3.97. The lowest BCUT2D eigenvalue weighted by atomic mass is 10.1. The van der Waals surface area contributed by atoms with Gasteiger partial charge in [0.15, 0.2) is 0 Å². The highest BCUT2D eigenvalue weighted by atomic mass is 32.2. The first kappa shape index (κ1) is 15.7. The molecule has 0 bridgehead atoms. The molecular weight excluding hydrogens is 264 g/mol. The van der Waals surface area contributed by atoms with Crippen molar-refractivity contribution in [3.05, 3.63) is 29.8 Å². The van der Waals surface area contributed by atoms with Crippen molar-refractivity contribution in [2.45, 2.75) is 37.6 Å². The lowest BCUT2D eigenvalue weighted by Crippen LogP contribution is -2.32. The maximum atomic E-state index is 12.0. The number of rotatable bonds is 6. The largest absolute Gasteiger partial charge is 0.350 e. The van der Waals surface area contributed by atoms with Crippen LogP contribution >= 0.6 is 0 Å². The number of carbonyl (C=O) groups is 1. The molecule has 1 amide bonds. The molecule has 1 atom stereocenters. The van der Waals surface area contributed by atoms with Crippen LogP contribution in [0.5, 0.6) is 0 Å². The minimum absolute atomic E-state index is 0.0714. The van der Waals surface area contributed by atoms with Gasteiger partial charge in [-0.15, -0.1) is 0 Å². The molecule has 1 rings (SSSR count). The summed E-state index contributed by atoms with van der Waals surface area (Å²) >= 11 is 0. The number of hydrogen-bond donors (Lipinski definition) is 2. The lowest BCUT2D eigenvalue weighted by molar-refractivity contribution is 0.0938. The van der Waals surface area contributed by atoms with Gasteiger partial charge in [-0.25, -0.2) is 13.1 Å². The van der Waals surface area contributed by atoms with Crippen LogP contribution in [0, 0.1) is 0 Å². The van der Waals surface area contributed by atoms with Gasteiger partial charge in [-0.1, -0.05) is 19.4 Å². The third-order valence-corrected chi connectivity index (χ3v) is 4.19.